The second-order valence-corrected chi connectivity index (χ2v) is 7.02. The van der Waals surface area contributed by atoms with Gasteiger partial charge in [0.2, 0.25) is 5.91 Å². The first kappa shape index (κ1) is 18.8. The molecular formula is C22H19ClN2O2. The van der Waals surface area contributed by atoms with E-state index in [4.69, 9.17) is 11.6 Å². The second-order valence-electron chi connectivity index (χ2n) is 6.61. The number of aromatic hydroxyl groups is 1. The fraction of sp³-hybridized carbons (Fsp3) is 0.273. The Morgan fingerprint density at radius 1 is 1.15 bits per heavy atom. The molecule has 0 spiro atoms. The minimum absolute atomic E-state index is 0.0983. The number of hydrogen-bond donors (Lipinski definition) is 1. The Hall–Kier alpha value is -2.95. The number of phenolic OH excluding ortho intramolecular Hbond substituents is 1. The van der Waals surface area contributed by atoms with E-state index in [0.29, 0.717) is 29.2 Å². The predicted octanol–water partition coefficient (Wildman–Crippen LogP) is 4.04. The SMILES string of the molecule is CC(=O)N1CCC(c2cc(C#N)ccc2C#Cc2ccc(O)cc2Cl)CC1. The first-order valence-corrected chi connectivity index (χ1v) is 9.16. The maximum absolute atomic E-state index is 11.6. The molecule has 0 saturated carbocycles. The van der Waals surface area contributed by atoms with Gasteiger partial charge in [0.1, 0.15) is 5.75 Å². The third-order valence-corrected chi connectivity index (χ3v) is 5.16. The molecule has 1 aliphatic heterocycles. The van der Waals surface area contributed by atoms with E-state index in [1.807, 2.05) is 17.0 Å². The van der Waals surface area contributed by atoms with E-state index in [0.717, 1.165) is 24.0 Å². The van der Waals surface area contributed by atoms with Crippen LogP contribution in [0.25, 0.3) is 0 Å². The number of hydrogen-bond acceptors (Lipinski definition) is 3. The van der Waals surface area contributed by atoms with Crippen LogP contribution in [0.15, 0.2) is 36.4 Å². The van der Waals surface area contributed by atoms with Crippen LogP contribution in [0, 0.1) is 23.2 Å². The summed E-state index contributed by atoms with van der Waals surface area (Å²) in [6, 6.07) is 12.4. The monoisotopic (exact) mass is 378 g/mol. The van der Waals surface area contributed by atoms with Gasteiger partial charge < -0.3 is 10.0 Å². The Morgan fingerprint density at radius 2 is 1.81 bits per heavy atom. The third-order valence-electron chi connectivity index (χ3n) is 4.85. The van der Waals surface area contributed by atoms with Gasteiger partial charge in [0.25, 0.3) is 0 Å². The lowest BCUT2D eigenvalue weighted by atomic mass is 9.85. The second kappa shape index (κ2) is 8.16. The van der Waals surface area contributed by atoms with Gasteiger partial charge in [-0.05, 0) is 60.7 Å². The maximum Gasteiger partial charge on any atom is 0.219 e. The molecule has 1 N–H and O–H groups in total. The summed E-state index contributed by atoms with van der Waals surface area (Å²) in [7, 11) is 0. The topological polar surface area (TPSA) is 64.3 Å². The highest BCUT2D eigenvalue weighted by molar-refractivity contribution is 6.31. The number of nitriles is 1. The smallest absolute Gasteiger partial charge is 0.219 e. The van der Waals surface area contributed by atoms with E-state index >= 15 is 0 Å². The number of piperidine rings is 1. The van der Waals surface area contributed by atoms with Crippen LogP contribution in [0.5, 0.6) is 5.75 Å². The highest BCUT2D eigenvalue weighted by atomic mass is 35.5. The molecule has 0 atom stereocenters. The molecule has 4 nitrogen and oxygen atoms in total. The van der Waals surface area contributed by atoms with Crippen LogP contribution in [0.1, 0.15) is 47.9 Å². The quantitative estimate of drug-likeness (QED) is 0.761. The van der Waals surface area contributed by atoms with Crippen molar-refractivity contribution in [2.75, 3.05) is 13.1 Å². The molecule has 1 fully saturated rings. The number of rotatable bonds is 1. The van der Waals surface area contributed by atoms with Crippen molar-refractivity contribution in [3.05, 3.63) is 63.7 Å². The number of carbonyl (C=O) groups excluding carboxylic acids is 1. The number of benzene rings is 2. The van der Waals surface area contributed by atoms with Gasteiger partial charge in [-0.1, -0.05) is 23.4 Å². The summed E-state index contributed by atoms with van der Waals surface area (Å²) in [4.78, 5) is 13.4. The Balaban J connectivity index is 1.92. The molecule has 0 unspecified atom stereocenters. The molecule has 1 saturated heterocycles. The van der Waals surface area contributed by atoms with E-state index < -0.39 is 0 Å². The van der Waals surface area contributed by atoms with E-state index in [1.54, 1.807) is 25.1 Å². The lowest BCUT2D eigenvalue weighted by molar-refractivity contribution is -0.129. The first-order chi connectivity index (χ1) is 13.0. The summed E-state index contributed by atoms with van der Waals surface area (Å²) >= 11 is 6.13. The molecule has 3 rings (SSSR count). The minimum atomic E-state index is 0.0983. The van der Waals surface area contributed by atoms with Gasteiger partial charge in [0, 0.05) is 31.1 Å². The highest BCUT2D eigenvalue weighted by Gasteiger charge is 2.23. The molecule has 1 heterocycles. The number of amides is 1. The minimum Gasteiger partial charge on any atom is -0.508 e. The first-order valence-electron chi connectivity index (χ1n) is 8.78. The molecule has 136 valence electrons. The van der Waals surface area contributed by atoms with Crippen molar-refractivity contribution in [2.45, 2.75) is 25.7 Å². The van der Waals surface area contributed by atoms with E-state index in [1.165, 1.54) is 6.07 Å². The van der Waals surface area contributed by atoms with Crippen LogP contribution in [-0.4, -0.2) is 29.0 Å². The summed E-state index contributed by atoms with van der Waals surface area (Å²) in [5, 5.41) is 19.1. The van der Waals surface area contributed by atoms with Crippen LogP contribution in [0.2, 0.25) is 5.02 Å². The van der Waals surface area contributed by atoms with Gasteiger partial charge in [0.05, 0.1) is 16.7 Å². The highest BCUT2D eigenvalue weighted by Crippen LogP contribution is 2.31. The molecule has 0 aromatic heterocycles. The maximum atomic E-state index is 11.6. The molecule has 0 radical (unpaired) electrons. The number of likely N-dealkylation sites (tertiary alicyclic amines) is 1. The van der Waals surface area contributed by atoms with Crippen molar-refractivity contribution in [1.29, 1.82) is 5.26 Å². The standard InChI is InChI=1S/C22H19ClN2O2/c1-15(26)25-10-8-18(9-11-25)21-12-16(14-24)2-3-17(21)4-5-19-6-7-20(27)13-22(19)23/h2-3,6-7,12-13,18,27H,8-11H2,1H3. The molecule has 1 amide bonds. The fourth-order valence-electron chi connectivity index (χ4n) is 3.33. The Kier molecular flexibility index (Phi) is 5.69. The van der Waals surface area contributed by atoms with Crippen LogP contribution in [0.3, 0.4) is 0 Å². The summed E-state index contributed by atoms with van der Waals surface area (Å²) in [6.07, 6.45) is 1.70. The Labute approximate surface area is 164 Å². The molecule has 5 heteroatoms. The van der Waals surface area contributed by atoms with Crippen LogP contribution in [0.4, 0.5) is 0 Å². The number of halogens is 1. The van der Waals surface area contributed by atoms with Crippen molar-refractivity contribution < 1.29 is 9.90 Å². The van der Waals surface area contributed by atoms with E-state index in [2.05, 4.69) is 17.9 Å². The molecule has 1 aliphatic rings. The normalized spacial score (nSPS) is 14.2. The third kappa shape index (κ3) is 4.42. The zero-order valence-corrected chi connectivity index (χ0v) is 15.8. The van der Waals surface area contributed by atoms with Crippen LogP contribution >= 0.6 is 11.6 Å². The lowest BCUT2D eigenvalue weighted by Crippen LogP contribution is -2.36. The molecule has 2 aromatic carbocycles. The summed E-state index contributed by atoms with van der Waals surface area (Å²) in [5.74, 6) is 6.68. The van der Waals surface area contributed by atoms with Crippen molar-refractivity contribution >= 4 is 17.5 Å². The van der Waals surface area contributed by atoms with Crippen molar-refractivity contribution in [1.82, 2.24) is 4.90 Å². The number of phenols is 1. The number of nitrogens with zero attached hydrogens (tertiary/aromatic N) is 2. The van der Waals surface area contributed by atoms with Gasteiger partial charge in [0.15, 0.2) is 0 Å². The predicted molar refractivity (Wildman–Crippen MR) is 104 cm³/mol. The van der Waals surface area contributed by atoms with E-state index in [-0.39, 0.29) is 17.6 Å². The van der Waals surface area contributed by atoms with Crippen molar-refractivity contribution in [3.63, 3.8) is 0 Å². The van der Waals surface area contributed by atoms with Crippen LogP contribution < -0.4 is 0 Å². The average molecular weight is 379 g/mol. The van der Waals surface area contributed by atoms with Crippen molar-refractivity contribution in [3.8, 4) is 23.7 Å². The molecule has 2 aromatic rings. The van der Waals surface area contributed by atoms with Gasteiger partial charge in [-0.2, -0.15) is 5.26 Å². The molecule has 0 aliphatic carbocycles. The summed E-state index contributed by atoms with van der Waals surface area (Å²) in [6.45, 7) is 3.02. The number of carbonyl (C=O) groups is 1. The van der Waals surface area contributed by atoms with Gasteiger partial charge in [-0.15, -0.1) is 0 Å². The summed E-state index contributed by atoms with van der Waals surface area (Å²) in [5.41, 5.74) is 3.14. The van der Waals surface area contributed by atoms with Crippen molar-refractivity contribution in [2.24, 2.45) is 0 Å². The lowest BCUT2D eigenvalue weighted by Gasteiger charge is -2.32. The van der Waals surface area contributed by atoms with Gasteiger partial charge >= 0.3 is 0 Å². The molecule has 27 heavy (non-hydrogen) atoms. The average Bonchev–Trinajstić information content (AvgIpc) is 2.67. The van der Waals surface area contributed by atoms with Gasteiger partial charge in [-0.3, -0.25) is 4.79 Å². The Morgan fingerprint density at radius 3 is 2.44 bits per heavy atom. The molecular weight excluding hydrogens is 360 g/mol. The molecule has 0 bridgehead atoms. The Bertz CT molecular complexity index is 974. The zero-order chi connectivity index (χ0) is 19.4. The fourth-order valence-corrected chi connectivity index (χ4v) is 3.55. The zero-order valence-electron chi connectivity index (χ0n) is 15.0. The van der Waals surface area contributed by atoms with Gasteiger partial charge in [-0.25, -0.2) is 0 Å². The largest absolute Gasteiger partial charge is 0.508 e. The van der Waals surface area contributed by atoms with Crippen LogP contribution in [-0.2, 0) is 4.79 Å². The van der Waals surface area contributed by atoms with E-state index in [9.17, 15) is 15.2 Å². The summed E-state index contributed by atoms with van der Waals surface area (Å²) < 4.78 is 0.